The van der Waals surface area contributed by atoms with E-state index in [0.29, 0.717) is 39.2 Å². The van der Waals surface area contributed by atoms with Gasteiger partial charge in [0.25, 0.3) is 0 Å². The number of nitrogens with zero attached hydrogens (tertiary/aromatic N) is 2. The van der Waals surface area contributed by atoms with E-state index < -0.39 is 0 Å². The Bertz CT molecular complexity index is 1280. The minimum atomic E-state index is -0.338. The van der Waals surface area contributed by atoms with E-state index in [4.69, 9.17) is 33.3 Å². The number of halogens is 2. The van der Waals surface area contributed by atoms with Gasteiger partial charge in [-0.2, -0.15) is 5.10 Å². The maximum absolute atomic E-state index is 13.9. The lowest BCUT2D eigenvalue weighted by Crippen LogP contribution is -2.16. The van der Waals surface area contributed by atoms with E-state index in [0.717, 1.165) is 11.1 Å². The maximum atomic E-state index is 13.9. The van der Waals surface area contributed by atoms with Gasteiger partial charge < -0.3 is 14.9 Å². The Balaban J connectivity index is 1.52. The van der Waals surface area contributed by atoms with Crippen LogP contribution in [-0.4, -0.2) is 22.0 Å². The number of hydrogen-bond donors (Lipinski definition) is 2. The number of nitrogens with one attached hydrogen (secondary N) is 2. The van der Waals surface area contributed by atoms with Crippen LogP contribution in [0.2, 0.25) is 5.02 Å². The van der Waals surface area contributed by atoms with E-state index in [-0.39, 0.29) is 12.4 Å². The first-order valence-electron chi connectivity index (χ1n) is 9.76. The summed E-state index contributed by atoms with van der Waals surface area (Å²) < 4.78 is 27.3. The molecule has 0 saturated heterocycles. The number of hydrogen-bond acceptors (Lipinski definition) is 5. The third kappa shape index (κ3) is 4.76. The van der Waals surface area contributed by atoms with Crippen molar-refractivity contribution in [2.75, 3.05) is 12.5 Å². The van der Waals surface area contributed by atoms with Crippen LogP contribution in [0.5, 0.6) is 11.5 Å². The summed E-state index contributed by atoms with van der Waals surface area (Å²) in [4.78, 5) is 0. The van der Waals surface area contributed by atoms with Gasteiger partial charge in [-0.25, -0.2) is 14.2 Å². The highest BCUT2D eigenvalue weighted by Gasteiger charge is 2.14. The molecule has 0 spiro atoms. The van der Waals surface area contributed by atoms with Crippen molar-refractivity contribution in [3.63, 3.8) is 0 Å². The van der Waals surface area contributed by atoms with E-state index in [1.165, 1.54) is 13.2 Å². The van der Waals surface area contributed by atoms with Gasteiger partial charge in [-0.1, -0.05) is 60.1 Å². The zero-order chi connectivity index (χ0) is 22.5. The minimum absolute atomic E-state index is 0.0327. The smallest absolute Gasteiger partial charge is 0.214 e. The molecular weight excluding hydrogens is 451 g/mol. The van der Waals surface area contributed by atoms with Crippen LogP contribution >= 0.6 is 23.8 Å². The highest BCUT2D eigenvalue weighted by atomic mass is 35.5. The quantitative estimate of drug-likeness (QED) is 0.322. The molecule has 0 aliphatic carbocycles. The third-order valence-electron chi connectivity index (χ3n) is 4.76. The summed E-state index contributed by atoms with van der Waals surface area (Å²) >= 11 is 11.8. The van der Waals surface area contributed by atoms with Crippen LogP contribution in [-0.2, 0) is 13.2 Å². The molecule has 0 saturated carbocycles. The normalized spacial score (nSPS) is 10.7. The molecule has 0 fully saturated rings. The molecular formula is C23H20ClFN4O2S. The summed E-state index contributed by atoms with van der Waals surface area (Å²) in [5.74, 6) is 1.13. The van der Waals surface area contributed by atoms with Gasteiger partial charge in [0.2, 0.25) is 4.77 Å². The number of ether oxygens (including phenoxy) is 2. The highest BCUT2D eigenvalue weighted by molar-refractivity contribution is 7.71. The lowest BCUT2D eigenvalue weighted by molar-refractivity contribution is 0.280. The summed E-state index contributed by atoms with van der Waals surface area (Å²) in [5.41, 5.74) is 5.44. The fourth-order valence-corrected chi connectivity index (χ4v) is 3.66. The summed E-state index contributed by atoms with van der Waals surface area (Å²) in [6.07, 6.45) is 0. The monoisotopic (exact) mass is 470 g/mol. The Kier molecular flexibility index (Phi) is 6.72. The van der Waals surface area contributed by atoms with Crippen molar-refractivity contribution in [2.24, 2.45) is 0 Å². The molecule has 1 heterocycles. The highest BCUT2D eigenvalue weighted by Crippen LogP contribution is 2.37. The molecule has 0 aliphatic heterocycles. The first-order chi connectivity index (χ1) is 15.6. The molecule has 32 heavy (non-hydrogen) atoms. The van der Waals surface area contributed by atoms with Crippen LogP contribution in [0.1, 0.15) is 11.1 Å². The zero-order valence-electron chi connectivity index (χ0n) is 17.1. The van der Waals surface area contributed by atoms with Gasteiger partial charge >= 0.3 is 0 Å². The van der Waals surface area contributed by atoms with Crippen LogP contribution in [0, 0.1) is 10.6 Å². The fraction of sp³-hybridized carbons (Fsp3) is 0.130. The summed E-state index contributed by atoms with van der Waals surface area (Å²) in [7, 11) is 1.53. The van der Waals surface area contributed by atoms with Crippen molar-refractivity contribution in [3.05, 3.63) is 93.5 Å². The Labute approximate surface area is 194 Å². The predicted molar refractivity (Wildman–Crippen MR) is 125 cm³/mol. The molecule has 4 aromatic rings. The van der Waals surface area contributed by atoms with E-state index >= 15 is 0 Å². The van der Waals surface area contributed by atoms with Gasteiger partial charge in [-0.15, -0.1) is 0 Å². The van der Waals surface area contributed by atoms with Gasteiger partial charge in [0.1, 0.15) is 12.4 Å². The Morgan fingerprint density at radius 3 is 2.62 bits per heavy atom. The lowest BCUT2D eigenvalue weighted by Gasteiger charge is -2.16. The first-order valence-corrected chi connectivity index (χ1v) is 10.5. The van der Waals surface area contributed by atoms with E-state index in [1.54, 1.807) is 35.0 Å². The Hall–Kier alpha value is -3.36. The van der Waals surface area contributed by atoms with Gasteiger partial charge in [0, 0.05) is 11.1 Å². The number of rotatable bonds is 8. The summed E-state index contributed by atoms with van der Waals surface area (Å²) in [6.45, 7) is 0.433. The van der Waals surface area contributed by atoms with Gasteiger partial charge in [-0.3, -0.25) is 0 Å². The number of H-pyrrole nitrogens is 1. The first kappa shape index (κ1) is 21.9. The van der Waals surface area contributed by atoms with Gasteiger partial charge in [0.05, 0.1) is 18.7 Å². The average molecular weight is 471 g/mol. The predicted octanol–water partition coefficient (Wildman–Crippen LogP) is 5.73. The summed E-state index contributed by atoms with van der Waals surface area (Å²) in [6, 6.07) is 19.7. The van der Waals surface area contributed by atoms with Crippen molar-refractivity contribution in [3.8, 4) is 22.9 Å². The largest absolute Gasteiger partial charge is 0.493 e. The Morgan fingerprint density at radius 1 is 1.12 bits per heavy atom. The number of aromatic nitrogens is 3. The van der Waals surface area contributed by atoms with Crippen molar-refractivity contribution in [1.29, 1.82) is 0 Å². The molecule has 9 heteroatoms. The van der Waals surface area contributed by atoms with Crippen molar-refractivity contribution >= 4 is 23.8 Å². The molecule has 4 rings (SSSR count). The molecule has 2 N–H and O–H groups in total. The molecule has 0 bridgehead atoms. The molecule has 0 amide bonds. The lowest BCUT2D eigenvalue weighted by atomic mass is 10.2. The standard InChI is InChI=1S/C23H20ClFN4O2S/c1-30-20-12-15(11-18(24)21(20)31-14-17-9-5-6-10-19(17)25)13-26-29-22(27-28-23(29)32)16-7-3-2-4-8-16/h2-12,26H,13-14H2,1H3,(H,28,32). The molecule has 0 radical (unpaired) electrons. The second-order valence-corrected chi connectivity index (χ2v) is 7.67. The maximum Gasteiger partial charge on any atom is 0.214 e. The average Bonchev–Trinajstić information content (AvgIpc) is 3.18. The molecule has 0 unspecified atom stereocenters. The van der Waals surface area contributed by atoms with E-state index in [9.17, 15) is 4.39 Å². The molecule has 0 atom stereocenters. The number of aromatic amines is 1. The SMILES string of the molecule is COc1cc(CNn2c(-c3ccccc3)n[nH]c2=S)cc(Cl)c1OCc1ccccc1F. The van der Waals surface area contributed by atoms with Crippen molar-refractivity contribution in [1.82, 2.24) is 14.9 Å². The second-order valence-electron chi connectivity index (χ2n) is 6.88. The van der Waals surface area contributed by atoms with Gasteiger partial charge in [-0.05, 0) is 36.0 Å². The van der Waals surface area contributed by atoms with Crippen LogP contribution in [0.3, 0.4) is 0 Å². The van der Waals surface area contributed by atoms with Crippen LogP contribution in [0.15, 0.2) is 66.7 Å². The molecule has 0 aliphatic rings. The van der Waals surface area contributed by atoms with Gasteiger partial charge in [0.15, 0.2) is 17.3 Å². The van der Waals surface area contributed by atoms with E-state index in [1.807, 2.05) is 30.3 Å². The van der Waals surface area contributed by atoms with Crippen molar-refractivity contribution < 1.29 is 13.9 Å². The van der Waals surface area contributed by atoms with Crippen LogP contribution < -0.4 is 14.9 Å². The molecule has 3 aromatic carbocycles. The van der Waals surface area contributed by atoms with E-state index in [2.05, 4.69) is 15.6 Å². The minimum Gasteiger partial charge on any atom is -0.493 e. The topological polar surface area (TPSA) is 64.1 Å². The second kappa shape index (κ2) is 9.84. The summed E-state index contributed by atoms with van der Waals surface area (Å²) in [5, 5.41) is 7.47. The molecule has 1 aromatic heterocycles. The number of methoxy groups -OCH3 is 1. The zero-order valence-corrected chi connectivity index (χ0v) is 18.7. The molecule has 164 valence electrons. The van der Waals surface area contributed by atoms with Crippen molar-refractivity contribution in [2.45, 2.75) is 13.2 Å². The molecule has 6 nitrogen and oxygen atoms in total. The van der Waals surface area contributed by atoms with Crippen LogP contribution in [0.4, 0.5) is 4.39 Å². The number of benzene rings is 3. The third-order valence-corrected chi connectivity index (χ3v) is 5.32. The fourth-order valence-electron chi connectivity index (χ4n) is 3.18. The Morgan fingerprint density at radius 2 is 1.88 bits per heavy atom. The van der Waals surface area contributed by atoms with Crippen LogP contribution in [0.25, 0.3) is 11.4 Å².